The topological polar surface area (TPSA) is 103 Å². The molecule has 0 atom stereocenters. The lowest BCUT2D eigenvalue weighted by molar-refractivity contribution is -0.384. The van der Waals surface area contributed by atoms with E-state index in [0.29, 0.717) is 10.8 Å². The second kappa shape index (κ2) is 7.98. The zero-order valence-electron chi connectivity index (χ0n) is 13.2. The van der Waals surface area contributed by atoms with Gasteiger partial charge in [-0.25, -0.2) is 0 Å². The number of nitro benzene ring substituents is 1. The van der Waals surface area contributed by atoms with E-state index in [1.165, 1.54) is 30.0 Å². The van der Waals surface area contributed by atoms with E-state index in [-0.39, 0.29) is 22.4 Å². The maximum Gasteiger partial charge on any atom is 0.289 e. The zero-order valence-corrected chi connectivity index (χ0v) is 14.8. The minimum absolute atomic E-state index is 0.0123. The van der Waals surface area contributed by atoms with Gasteiger partial charge in [0.25, 0.3) is 5.69 Å². The first-order chi connectivity index (χ1) is 12.5. The Bertz CT molecular complexity index is 948. The van der Waals surface area contributed by atoms with Crippen molar-refractivity contribution in [1.82, 2.24) is 14.8 Å². The van der Waals surface area contributed by atoms with Gasteiger partial charge in [-0.2, -0.15) is 0 Å². The molecule has 0 spiro atoms. The van der Waals surface area contributed by atoms with E-state index < -0.39 is 4.92 Å². The SMILES string of the molecule is O=C(CSc1nncn1-c1ccccc1)Nc1ccc(Cl)c([N+](=O)[O-])c1. The van der Waals surface area contributed by atoms with E-state index in [2.05, 4.69) is 15.5 Å². The lowest BCUT2D eigenvalue weighted by Gasteiger charge is -2.07. The van der Waals surface area contributed by atoms with Crippen LogP contribution < -0.4 is 5.32 Å². The Morgan fingerprint density at radius 2 is 2.04 bits per heavy atom. The highest BCUT2D eigenvalue weighted by atomic mass is 35.5. The summed E-state index contributed by atoms with van der Waals surface area (Å²) in [4.78, 5) is 22.4. The largest absolute Gasteiger partial charge is 0.325 e. The number of carbonyl (C=O) groups is 1. The molecule has 0 radical (unpaired) electrons. The summed E-state index contributed by atoms with van der Waals surface area (Å²) in [5.74, 6) is -0.253. The summed E-state index contributed by atoms with van der Waals surface area (Å²) in [6.07, 6.45) is 1.57. The lowest BCUT2D eigenvalue weighted by Crippen LogP contribution is -2.14. The third kappa shape index (κ3) is 4.19. The van der Waals surface area contributed by atoms with E-state index >= 15 is 0 Å². The van der Waals surface area contributed by atoms with Crippen molar-refractivity contribution in [2.75, 3.05) is 11.1 Å². The number of amides is 1. The van der Waals surface area contributed by atoms with Crippen LogP contribution in [0.15, 0.2) is 60.0 Å². The Morgan fingerprint density at radius 1 is 1.27 bits per heavy atom. The van der Waals surface area contributed by atoms with Crippen molar-refractivity contribution in [3.63, 3.8) is 0 Å². The molecule has 10 heteroatoms. The molecule has 1 amide bonds. The number of thioether (sulfide) groups is 1. The van der Waals surface area contributed by atoms with E-state index in [1.807, 2.05) is 30.3 Å². The number of hydrogen-bond donors (Lipinski definition) is 1. The number of anilines is 1. The van der Waals surface area contributed by atoms with Crippen LogP contribution in [0, 0.1) is 10.1 Å². The maximum atomic E-state index is 12.1. The molecule has 1 N–H and O–H groups in total. The van der Waals surface area contributed by atoms with Crippen molar-refractivity contribution in [2.45, 2.75) is 5.16 Å². The van der Waals surface area contributed by atoms with Gasteiger partial charge in [-0.15, -0.1) is 10.2 Å². The first kappa shape index (κ1) is 17.9. The van der Waals surface area contributed by atoms with Crippen LogP contribution in [0.25, 0.3) is 5.69 Å². The zero-order chi connectivity index (χ0) is 18.5. The lowest BCUT2D eigenvalue weighted by atomic mass is 10.3. The molecular weight excluding hydrogens is 378 g/mol. The van der Waals surface area contributed by atoms with Crippen molar-refractivity contribution in [3.8, 4) is 5.69 Å². The monoisotopic (exact) mass is 389 g/mol. The van der Waals surface area contributed by atoms with Gasteiger partial charge in [0.2, 0.25) is 5.91 Å². The number of hydrogen-bond acceptors (Lipinski definition) is 6. The molecule has 1 heterocycles. The van der Waals surface area contributed by atoms with Crippen LogP contribution in [0.1, 0.15) is 0 Å². The molecule has 0 saturated heterocycles. The molecule has 132 valence electrons. The van der Waals surface area contributed by atoms with Crippen LogP contribution in [0.4, 0.5) is 11.4 Å². The second-order valence-electron chi connectivity index (χ2n) is 5.08. The molecule has 0 fully saturated rings. The average molecular weight is 390 g/mol. The number of nitrogens with zero attached hydrogens (tertiary/aromatic N) is 4. The first-order valence-electron chi connectivity index (χ1n) is 7.36. The van der Waals surface area contributed by atoms with Crippen molar-refractivity contribution in [2.24, 2.45) is 0 Å². The molecule has 2 aromatic carbocycles. The Morgan fingerprint density at radius 3 is 2.77 bits per heavy atom. The predicted octanol–water partition coefficient (Wildman–Crippen LogP) is 3.56. The van der Waals surface area contributed by atoms with Crippen molar-refractivity contribution in [3.05, 3.63) is 70.0 Å². The molecule has 0 unspecified atom stereocenters. The third-order valence-electron chi connectivity index (χ3n) is 3.31. The van der Waals surface area contributed by atoms with Gasteiger partial charge in [0.1, 0.15) is 11.3 Å². The molecule has 0 aliphatic heterocycles. The molecule has 3 aromatic rings. The summed E-state index contributed by atoms with van der Waals surface area (Å²) in [5.41, 5.74) is 0.922. The highest BCUT2D eigenvalue weighted by Crippen LogP contribution is 2.27. The van der Waals surface area contributed by atoms with Gasteiger partial charge in [-0.05, 0) is 24.3 Å². The van der Waals surface area contributed by atoms with E-state index in [4.69, 9.17) is 11.6 Å². The molecule has 3 rings (SSSR count). The molecule has 8 nitrogen and oxygen atoms in total. The van der Waals surface area contributed by atoms with Crippen LogP contribution >= 0.6 is 23.4 Å². The number of para-hydroxylation sites is 1. The van der Waals surface area contributed by atoms with Gasteiger partial charge < -0.3 is 5.32 Å². The highest BCUT2D eigenvalue weighted by Gasteiger charge is 2.15. The fourth-order valence-electron chi connectivity index (χ4n) is 2.15. The van der Waals surface area contributed by atoms with Gasteiger partial charge in [-0.1, -0.05) is 41.6 Å². The van der Waals surface area contributed by atoms with Crippen LogP contribution in [0.2, 0.25) is 5.02 Å². The molecule has 0 saturated carbocycles. The Labute approximate surface area is 157 Å². The standard InChI is InChI=1S/C16H12ClN5O3S/c17-13-7-6-11(8-14(13)22(24)25)19-15(23)9-26-16-20-18-10-21(16)12-4-2-1-3-5-12/h1-8,10H,9H2,(H,19,23). The Hall–Kier alpha value is -2.91. The summed E-state index contributed by atoms with van der Waals surface area (Å²) in [7, 11) is 0. The number of benzene rings is 2. The van der Waals surface area contributed by atoms with Crippen molar-refractivity contribution < 1.29 is 9.72 Å². The molecule has 0 aliphatic rings. The molecule has 26 heavy (non-hydrogen) atoms. The quantitative estimate of drug-likeness (QED) is 0.393. The van der Waals surface area contributed by atoms with Crippen LogP contribution in [-0.4, -0.2) is 31.3 Å². The fourth-order valence-corrected chi connectivity index (χ4v) is 3.06. The summed E-state index contributed by atoms with van der Waals surface area (Å²) in [5, 5.41) is 22.0. The average Bonchev–Trinajstić information content (AvgIpc) is 3.11. The van der Waals surface area contributed by atoms with Gasteiger partial charge in [0.05, 0.1) is 10.7 Å². The Kier molecular flexibility index (Phi) is 5.49. The van der Waals surface area contributed by atoms with Gasteiger partial charge in [-0.3, -0.25) is 19.5 Å². The maximum absolute atomic E-state index is 12.1. The van der Waals surface area contributed by atoms with E-state index in [9.17, 15) is 14.9 Å². The number of nitrogens with one attached hydrogen (secondary N) is 1. The highest BCUT2D eigenvalue weighted by molar-refractivity contribution is 7.99. The molecular formula is C16H12ClN5O3S. The van der Waals surface area contributed by atoms with Gasteiger partial charge >= 0.3 is 0 Å². The fraction of sp³-hybridized carbons (Fsp3) is 0.0625. The summed E-state index contributed by atoms with van der Waals surface area (Å²) >= 11 is 6.96. The normalized spacial score (nSPS) is 10.5. The second-order valence-corrected chi connectivity index (χ2v) is 6.43. The minimum atomic E-state index is -0.602. The Balaban J connectivity index is 1.65. The number of halogens is 1. The summed E-state index contributed by atoms with van der Waals surface area (Å²) < 4.78 is 1.77. The number of carbonyl (C=O) groups excluding carboxylic acids is 1. The van der Waals surface area contributed by atoms with Crippen molar-refractivity contribution >= 4 is 40.6 Å². The van der Waals surface area contributed by atoms with Gasteiger partial charge in [0.15, 0.2) is 5.16 Å². The number of aromatic nitrogens is 3. The summed E-state index contributed by atoms with van der Waals surface area (Å²) in [6, 6.07) is 13.6. The van der Waals surface area contributed by atoms with Gasteiger partial charge in [0, 0.05) is 17.4 Å². The van der Waals surface area contributed by atoms with E-state index in [0.717, 1.165) is 5.69 Å². The van der Waals surface area contributed by atoms with E-state index in [1.54, 1.807) is 10.9 Å². The van der Waals surface area contributed by atoms with Crippen LogP contribution in [-0.2, 0) is 4.79 Å². The number of rotatable bonds is 6. The van der Waals surface area contributed by atoms with Crippen molar-refractivity contribution in [1.29, 1.82) is 0 Å². The molecule has 1 aromatic heterocycles. The minimum Gasteiger partial charge on any atom is -0.325 e. The first-order valence-corrected chi connectivity index (χ1v) is 8.73. The smallest absolute Gasteiger partial charge is 0.289 e. The third-order valence-corrected chi connectivity index (χ3v) is 4.57. The molecule has 0 bridgehead atoms. The van der Waals surface area contributed by atoms with Crippen LogP contribution in [0.3, 0.4) is 0 Å². The summed E-state index contributed by atoms with van der Waals surface area (Å²) in [6.45, 7) is 0. The molecule has 0 aliphatic carbocycles. The van der Waals surface area contributed by atoms with Crippen LogP contribution in [0.5, 0.6) is 0 Å². The number of nitro groups is 1. The predicted molar refractivity (Wildman–Crippen MR) is 98.8 cm³/mol.